The van der Waals surface area contributed by atoms with Gasteiger partial charge in [-0.05, 0) is 36.2 Å². The fraction of sp³-hybridized carbons (Fsp3) is 0.267. The van der Waals surface area contributed by atoms with Crippen molar-refractivity contribution in [3.63, 3.8) is 0 Å². The van der Waals surface area contributed by atoms with Gasteiger partial charge in [-0.1, -0.05) is 6.07 Å². The molecule has 0 amide bonds. The molecule has 0 saturated carbocycles. The molecular formula is C15H17N3O2S. The summed E-state index contributed by atoms with van der Waals surface area (Å²) in [7, 11) is -1.40. The molecule has 2 rings (SSSR count). The van der Waals surface area contributed by atoms with Crippen LogP contribution in [0.2, 0.25) is 0 Å². The Bertz CT molecular complexity index is 814. The maximum atomic E-state index is 11.6. The molecule has 0 aliphatic rings. The molecule has 0 atom stereocenters. The van der Waals surface area contributed by atoms with E-state index in [0.29, 0.717) is 17.1 Å². The predicted molar refractivity (Wildman–Crippen MR) is 81.7 cm³/mol. The molecule has 0 aliphatic heterocycles. The average Bonchev–Trinajstić information content (AvgIpc) is 2.77. The molecule has 1 heterocycles. The van der Waals surface area contributed by atoms with Crippen LogP contribution >= 0.6 is 0 Å². The normalized spacial score (nSPS) is 11.1. The van der Waals surface area contributed by atoms with E-state index >= 15 is 0 Å². The topological polar surface area (TPSA) is 74.9 Å². The SMILES string of the molecule is Cc1ccc(S(C)(=O)=O)cc1NCc1cc(C#N)n(C)c1. The Morgan fingerprint density at radius 1 is 1.33 bits per heavy atom. The summed E-state index contributed by atoms with van der Waals surface area (Å²) in [5, 5.41) is 12.1. The first-order valence-corrected chi connectivity index (χ1v) is 8.30. The highest BCUT2D eigenvalue weighted by molar-refractivity contribution is 7.90. The van der Waals surface area contributed by atoms with Gasteiger partial charge in [-0.3, -0.25) is 0 Å². The number of aromatic nitrogens is 1. The van der Waals surface area contributed by atoms with Gasteiger partial charge in [0.25, 0.3) is 0 Å². The Hall–Kier alpha value is -2.26. The van der Waals surface area contributed by atoms with E-state index in [1.165, 1.54) is 6.26 Å². The minimum Gasteiger partial charge on any atom is -0.381 e. The third-order valence-electron chi connectivity index (χ3n) is 3.30. The van der Waals surface area contributed by atoms with Gasteiger partial charge in [0, 0.05) is 31.7 Å². The standard InChI is InChI=1S/C15H17N3O2S/c1-11-4-5-14(21(3,19)20)7-15(11)17-9-12-6-13(8-16)18(2)10-12/h4-7,10,17H,9H2,1-3H3. The molecule has 6 heteroatoms. The summed E-state index contributed by atoms with van der Waals surface area (Å²) in [6.07, 6.45) is 3.07. The molecule has 0 bridgehead atoms. The Kier molecular flexibility index (Phi) is 4.05. The Balaban J connectivity index is 2.21. The molecule has 0 unspecified atom stereocenters. The molecule has 5 nitrogen and oxygen atoms in total. The molecule has 21 heavy (non-hydrogen) atoms. The zero-order valence-electron chi connectivity index (χ0n) is 12.2. The van der Waals surface area contributed by atoms with E-state index in [0.717, 1.165) is 16.8 Å². The van der Waals surface area contributed by atoms with Gasteiger partial charge in [-0.25, -0.2) is 8.42 Å². The number of nitrogens with zero attached hydrogens (tertiary/aromatic N) is 2. The van der Waals surface area contributed by atoms with Gasteiger partial charge in [-0.2, -0.15) is 5.26 Å². The zero-order chi connectivity index (χ0) is 15.6. The van der Waals surface area contributed by atoms with Gasteiger partial charge in [0.2, 0.25) is 0 Å². The molecular weight excluding hydrogens is 286 g/mol. The number of anilines is 1. The fourth-order valence-electron chi connectivity index (χ4n) is 2.06. The van der Waals surface area contributed by atoms with Crippen LogP contribution in [0.4, 0.5) is 5.69 Å². The van der Waals surface area contributed by atoms with Crippen molar-refractivity contribution in [1.82, 2.24) is 4.57 Å². The number of hydrogen-bond acceptors (Lipinski definition) is 4. The van der Waals surface area contributed by atoms with E-state index in [1.807, 2.05) is 26.2 Å². The highest BCUT2D eigenvalue weighted by atomic mass is 32.2. The summed E-state index contributed by atoms with van der Waals surface area (Å²) in [6, 6.07) is 8.94. The van der Waals surface area contributed by atoms with Crippen LogP contribution in [0.5, 0.6) is 0 Å². The van der Waals surface area contributed by atoms with Crippen molar-refractivity contribution in [3.05, 3.63) is 47.3 Å². The molecule has 0 aliphatic carbocycles. The monoisotopic (exact) mass is 303 g/mol. The maximum Gasteiger partial charge on any atom is 0.175 e. The number of sulfone groups is 1. The van der Waals surface area contributed by atoms with Crippen LogP contribution in [0.1, 0.15) is 16.8 Å². The van der Waals surface area contributed by atoms with Crippen molar-refractivity contribution >= 4 is 15.5 Å². The Labute approximate surface area is 124 Å². The van der Waals surface area contributed by atoms with Crippen LogP contribution in [-0.4, -0.2) is 19.2 Å². The Morgan fingerprint density at radius 2 is 2.05 bits per heavy atom. The maximum absolute atomic E-state index is 11.6. The summed E-state index contributed by atoms with van der Waals surface area (Å²) in [5.41, 5.74) is 3.31. The lowest BCUT2D eigenvalue weighted by atomic mass is 10.2. The largest absolute Gasteiger partial charge is 0.381 e. The number of rotatable bonds is 4. The van der Waals surface area contributed by atoms with Gasteiger partial charge >= 0.3 is 0 Å². The molecule has 1 aromatic carbocycles. The predicted octanol–water partition coefficient (Wildman–Crippen LogP) is 2.22. The highest BCUT2D eigenvalue weighted by Crippen LogP contribution is 2.21. The van der Waals surface area contributed by atoms with Crippen LogP contribution in [0, 0.1) is 18.3 Å². The quantitative estimate of drug-likeness (QED) is 0.939. The second kappa shape index (κ2) is 5.62. The van der Waals surface area contributed by atoms with E-state index in [1.54, 1.807) is 22.8 Å². The summed E-state index contributed by atoms with van der Waals surface area (Å²) in [6.45, 7) is 2.45. The average molecular weight is 303 g/mol. The smallest absolute Gasteiger partial charge is 0.175 e. The number of aryl methyl sites for hydroxylation is 2. The van der Waals surface area contributed by atoms with Gasteiger partial charge in [0.15, 0.2) is 9.84 Å². The molecule has 1 aromatic heterocycles. The van der Waals surface area contributed by atoms with Crippen molar-refractivity contribution < 1.29 is 8.42 Å². The van der Waals surface area contributed by atoms with Gasteiger partial charge in [0.05, 0.1) is 4.90 Å². The van der Waals surface area contributed by atoms with E-state index in [4.69, 9.17) is 5.26 Å². The van der Waals surface area contributed by atoms with Gasteiger partial charge < -0.3 is 9.88 Å². The van der Waals surface area contributed by atoms with Crippen molar-refractivity contribution in [2.24, 2.45) is 7.05 Å². The highest BCUT2D eigenvalue weighted by Gasteiger charge is 2.10. The van der Waals surface area contributed by atoms with E-state index < -0.39 is 9.84 Å². The molecule has 1 N–H and O–H groups in total. The first-order chi connectivity index (χ1) is 9.81. The van der Waals surface area contributed by atoms with E-state index in [9.17, 15) is 8.42 Å². The molecule has 0 spiro atoms. The van der Waals surface area contributed by atoms with E-state index in [2.05, 4.69) is 11.4 Å². The lowest BCUT2D eigenvalue weighted by molar-refractivity contribution is 0.602. The third kappa shape index (κ3) is 3.44. The Morgan fingerprint density at radius 3 is 2.62 bits per heavy atom. The number of benzene rings is 1. The number of nitriles is 1. The second-order valence-electron chi connectivity index (χ2n) is 5.06. The zero-order valence-corrected chi connectivity index (χ0v) is 13.0. The molecule has 2 aromatic rings. The van der Waals surface area contributed by atoms with Crippen LogP contribution in [-0.2, 0) is 23.4 Å². The molecule has 110 valence electrons. The second-order valence-corrected chi connectivity index (χ2v) is 7.07. The summed E-state index contributed by atoms with van der Waals surface area (Å²) in [4.78, 5) is 0.293. The lowest BCUT2D eigenvalue weighted by Gasteiger charge is -2.10. The first-order valence-electron chi connectivity index (χ1n) is 6.41. The van der Waals surface area contributed by atoms with Gasteiger partial charge in [-0.15, -0.1) is 0 Å². The summed E-state index contributed by atoms with van der Waals surface area (Å²) >= 11 is 0. The third-order valence-corrected chi connectivity index (χ3v) is 4.41. The van der Waals surface area contributed by atoms with Crippen LogP contribution in [0.25, 0.3) is 0 Å². The number of nitrogens with one attached hydrogen (secondary N) is 1. The fourth-order valence-corrected chi connectivity index (χ4v) is 2.71. The van der Waals surface area contributed by atoms with Crippen LogP contribution in [0.3, 0.4) is 0 Å². The number of hydrogen-bond donors (Lipinski definition) is 1. The van der Waals surface area contributed by atoms with Crippen LogP contribution in [0.15, 0.2) is 35.4 Å². The van der Waals surface area contributed by atoms with Crippen molar-refractivity contribution in [2.75, 3.05) is 11.6 Å². The van der Waals surface area contributed by atoms with Crippen molar-refractivity contribution in [3.8, 4) is 6.07 Å². The summed E-state index contributed by atoms with van der Waals surface area (Å²) in [5.74, 6) is 0. The molecule has 0 radical (unpaired) electrons. The summed E-state index contributed by atoms with van der Waals surface area (Å²) < 4.78 is 24.9. The van der Waals surface area contributed by atoms with Gasteiger partial charge in [0.1, 0.15) is 11.8 Å². The minimum atomic E-state index is -3.22. The van der Waals surface area contributed by atoms with E-state index in [-0.39, 0.29) is 0 Å². The first kappa shape index (κ1) is 15.1. The molecule has 0 saturated heterocycles. The van der Waals surface area contributed by atoms with Crippen molar-refractivity contribution in [1.29, 1.82) is 5.26 Å². The van der Waals surface area contributed by atoms with Crippen molar-refractivity contribution in [2.45, 2.75) is 18.4 Å². The van der Waals surface area contributed by atoms with Crippen LogP contribution < -0.4 is 5.32 Å². The molecule has 0 fully saturated rings. The lowest BCUT2D eigenvalue weighted by Crippen LogP contribution is -2.03. The minimum absolute atomic E-state index is 0.293.